The first-order valence-electron chi connectivity index (χ1n) is 9.07. The second kappa shape index (κ2) is 13.6. The molecule has 1 heterocycles. The molecule has 0 spiro atoms. The third-order valence-electron chi connectivity index (χ3n) is 3.92. The van der Waals surface area contributed by atoms with Crippen LogP contribution in [0.1, 0.15) is 31.4 Å². The molecule has 31 heavy (non-hydrogen) atoms. The Morgan fingerprint density at radius 1 is 1.13 bits per heavy atom. The van der Waals surface area contributed by atoms with Crippen molar-refractivity contribution < 1.29 is 44.1 Å². The third-order valence-corrected chi connectivity index (χ3v) is 3.92. The maximum absolute atomic E-state index is 12.0. The summed E-state index contributed by atoms with van der Waals surface area (Å²) < 4.78 is 4.95. The average molecular weight is 446 g/mol. The molecule has 0 saturated carbocycles. The number of imidazole rings is 1. The zero-order valence-electron chi connectivity index (χ0n) is 16.3. The lowest BCUT2D eigenvalue weighted by molar-refractivity contribution is -0.790. The number of rotatable bonds is 18. The Morgan fingerprint density at radius 2 is 1.84 bits per heavy atom. The van der Waals surface area contributed by atoms with Crippen molar-refractivity contribution in [2.24, 2.45) is 5.92 Å². The number of carbonyl (C=O) groups is 3. The molecule has 2 N–H and O–H groups in total. The fourth-order valence-corrected chi connectivity index (χ4v) is 2.52. The summed E-state index contributed by atoms with van der Waals surface area (Å²) in [5.41, 5.74) is 0.593. The Hall–Kier alpha value is -3.62. The second-order valence-corrected chi connectivity index (χ2v) is 6.44. The standard InChI is InChI=1S/C16H22N4O11/c21-13(5-11(16(23)24)4-12-6-17-10-18-12)2-1-3-14(22)7-29-8-15(31-20(27)28)9-30-19(25)26/h6,10-11,15H,1-5,7-9H2,(H,17,18)(H,23,24). The van der Waals surface area contributed by atoms with E-state index >= 15 is 0 Å². The summed E-state index contributed by atoms with van der Waals surface area (Å²) in [5.74, 6) is -2.74. The molecule has 1 aromatic heterocycles. The number of carboxylic acids is 1. The monoisotopic (exact) mass is 446 g/mol. The van der Waals surface area contributed by atoms with Crippen LogP contribution in [0.2, 0.25) is 0 Å². The Bertz CT molecular complexity index is 753. The van der Waals surface area contributed by atoms with Crippen LogP contribution in [0, 0.1) is 26.1 Å². The first-order valence-corrected chi connectivity index (χ1v) is 9.07. The molecular weight excluding hydrogens is 424 g/mol. The number of aromatic nitrogens is 2. The van der Waals surface area contributed by atoms with Crippen LogP contribution in [-0.4, -0.2) is 68.7 Å². The highest BCUT2D eigenvalue weighted by Crippen LogP contribution is 2.14. The fourth-order valence-electron chi connectivity index (χ4n) is 2.52. The van der Waals surface area contributed by atoms with Crippen molar-refractivity contribution in [3.63, 3.8) is 0 Å². The van der Waals surface area contributed by atoms with E-state index < -0.39 is 53.8 Å². The van der Waals surface area contributed by atoms with Crippen LogP contribution in [0.3, 0.4) is 0 Å². The number of hydrogen-bond donors (Lipinski definition) is 2. The van der Waals surface area contributed by atoms with E-state index in [4.69, 9.17) is 4.74 Å². The summed E-state index contributed by atoms with van der Waals surface area (Å²) in [7, 11) is 0. The van der Waals surface area contributed by atoms with E-state index in [0.717, 1.165) is 0 Å². The van der Waals surface area contributed by atoms with Gasteiger partial charge < -0.3 is 24.5 Å². The van der Waals surface area contributed by atoms with Gasteiger partial charge in [-0.3, -0.25) is 14.4 Å². The molecule has 0 aliphatic rings. The summed E-state index contributed by atoms with van der Waals surface area (Å²) in [6, 6.07) is 0. The minimum Gasteiger partial charge on any atom is -0.481 e. The highest BCUT2D eigenvalue weighted by atomic mass is 17.0. The first kappa shape index (κ1) is 25.4. The number of carboxylic acid groups (broad SMARTS) is 1. The third kappa shape index (κ3) is 11.8. The molecule has 15 nitrogen and oxygen atoms in total. The van der Waals surface area contributed by atoms with E-state index in [1.54, 1.807) is 0 Å². The lowest BCUT2D eigenvalue weighted by Gasteiger charge is -2.13. The quantitative estimate of drug-likeness (QED) is 0.228. The number of aromatic amines is 1. The lowest BCUT2D eigenvalue weighted by atomic mass is 9.95. The van der Waals surface area contributed by atoms with E-state index in [1.165, 1.54) is 12.5 Å². The fraction of sp³-hybridized carbons (Fsp3) is 0.625. The molecular formula is C16H22N4O11. The minimum atomic E-state index is -1.39. The number of aliphatic carboxylic acids is 1. The normalized spacial score (nSPS) is 12.5. The highest BCUT2D eigenvalue weighted by molar-refractivity contribution is 5.85. The number of H-pyrrole nitrogens is 1. The summed E-state index contributed by atoms with van der Waals surface area (Å²) in [6.07, 6.45) is 1.58. The van der Waals surface area contributed by atoms with Gasteiger partial charge >= 0.3 is 5.97 Å². The Kier molecular flexibility index (Phi) is 11.1. The zero-order valence-corrected chi connectivity index (χ0v) is 16.3. The molecule has 1 rings (SSSR count). The van der Waals surface area contributed by atoms with E-state index in [9.17, 15) is 39.7 Å². The van der Waals surface area contributed by atoms with E-state index in [2.05, 4.69) is 19.6 Å². The van der Waals surface area contributed by atoms with Crippen LogP contribution in [0.5, 0.6) is 0 Å². The number of hydrogen-bond acceptors (Lipinski definition) is 11. The van der Waals surface area contributed by atoms with E-state index in [0.29, 0.717) is 5.69 Å². The first-order chi connectivity index (χ1) is 14.7. The van der Waals surface area contributed by atoms with Gasteiger partial charge in [-0.15, -0.1) is 20.2 Å². The van der Waals surface area contributed by atoms with Gasteiger partial charge in [-0.05, 0) is 6.42 Å². The molecule has 2 unspecified atom stereocenters. The van der Waals surface area contributed by atoms with Crippen molar-refractivity contribution in [2.45, 2.75) is 38.2 Å². The molecule has 0 bridgehead atoms. The summed E-state index contributed by atoms with van der Waals surface area (Å²) >= 11 is 0. The van der Waals surface area contributed by atoms with Crippen LogP contribution in [0.4, 0.5) is 0 Å². The zero-order chi connectivity index (χ0) is 23.2. The SMILES string of the molecule is O=C(CCCC(=O)CC(Cc1cnc[nH]1)C(=O)O)COCC(CO[N+](=O)[O-])O[N+](=O)[O-]. The van der Waals surface area contributed by atoms with Crippen LogP contribution in [0.25, 0.3) is 0 Å². The maximum Gasteiger partial charge on any atom is 0.307 e. The van der Waals surface area contributed by atoms with Gasteiger partial charge in [0.1, 0.15) is 19.0 Å². The number of ketones is 2. The molecule has 0 fully saturated rings. The molecule has 172 valence electrons. The van der Waals surface area contributed by atoms with Gasteiger partial charge in [0.25, 0.3) is 10.2 Å². The van der Waals surface area contributed by atoms with Gasteiger partial charge in [0.15, 0.2) is 11.9 Å². The van der Waals surface area contributed by atoms with E-state index in [1.807, 2.05) is 0 Å². The number of ether oxygens (including phenoxy) is 1. The van der Waals surface area contributed by atoms with Crippen LogP contribution >= 0.6 is 0 Å². The Morgan fingerprint density at radius 3 is 2.42 bits per heavy atom. The van der Waals surface area contributed by atoms with Crippen molar-refractivity contribution in [3.8, 4) is 0 Å². The van der Waals surface area contributed by atoms with Gasteiger partial charge in [0, 0.05) is 37.6 Å². The van der Waals surface area contributed by atoms with Crippen molar-refractivity contribution in [1.29, 1.82) is 0 Å². The molecule has 0 amide bonds. The molecule has 0 aliphatic carbocycles. The average Bonchev–Trinajstić information content (AvgIpc) is 3.18. The second-order valence-electron chi connectivity index (χ2n) is 6.44. The molecule has 15 heteroatoms. The number of nitrogens with one attached hydrogen (secondary N) is 1. The number of Topliss-reactive ketones (excluding diaryl/α,β-unsaturated/α-hetero) is 2. The molecule has 0 aromatic carbocycles. The molecule has 0 radical (unpaired) electrons. The summed E-state index contributed by atoms with van der Waals surface area (Å²) in [4.78, 5) is 70.3. The maximum atomic E-state index is 12.0. The lowest BCUT2D eigenvalue weighted by Crippen LogP contribution is -2.30. The summed E-state index contributed by atoms with van der Waals surface area (Å²) in [6.45, 7) is -1.69. The smallest absolute Gasteiger partial charge is 0.307 e. The Labute approximate surface area is 174 Å². The van der Waals surface area contributed by atoms with Crippen molar-refractivity contribution >= 4 is 17.5 Å². The highest BCUT2D eigenvalue weighted by Gasteiger charge is 2.22. The molecule has 0 saturated heterocycles. The van der Waals surface area contributed by atoms with E-state index in [-0.39, 0.29) is 37.9 Å². The van der Waals surface area contributed by atoms with Gasteiger partial charge in [-0.25, -0.2) is 4.98 Å². The predicted octanol–water partition coefficient (Wildman–Crippen LogP) is 0.153. The van der Waals surface area contributed by atoms with Crippen molar-refractivity contribution in [2.75, 3.05) is 19.8 Å². The largest absolute Gasteiger partial charge is 0.481 e. The van der Waals surface area contributed by atoms with Crippen molar-refractivity contribution in [3.05, 3.63) is 38.4 Å². The molecule has 0 aliphatic heterocycles. The predicted molar refractivity (Wildman–Crippen MR) is 97.5 cm³/mol. The molecule has 1 aromatic rings. The van der Waals surface area contributed by atoms with Crippen LogP contribution in [0.15, 0.2) is 12.5 Å². The van der Waals surface area contributed by atoms with Gasteiger partial charge in [-0.2, -0.15) is 0 Å². The number of carbonyl (C=O) groups excluding carboxylic acids is 2. The van der Waals surface area contributed by atoms with Crippen LogP contribution < -0.4 is 0 Å². The molecule has 2 atom stereocenters. The van der Waals surface area contributed by atoms with Gasteiger partial charge in [-0.1, -0.05) is 0 Å². The summed E-state index contributed by atoms with van der Waals surface area (Å²) in [5, 5.41) is 27.4. The van der Waals surface area contributed by atoms with Crippen molar-refractivity contribution in [1.82, 2.24) is 9.97 Å². The number of nitrogens with zero attached hydrogens (tertiary/aromatic N) is 3. The van der Waals surface area contributed by atoms with Gasteiger partial charge in [0.2, 0.25) is 0 Å². The minimum absolute atomic E-state index is 0.00221. The topological polar surface area (TPSA) is 214 Å². The Balaban J connectivity index is 2.28. The van der Waals surface area contributed by atoms with Gasteiger partial charge in [0.05, 0.1) is 18.9 Å². The van der Waals surface area contributed by atoms with Crippen LogP contribution in [-0.2, 0) is 35.2 Å².